The molecule has 1 heterocycles. The van der Waals surface area contributed by atoms with Crippen molar-refractivity contribution in [2.45, 2.75) is 49.0 Å². The molecule has 1 N–H and O–H groups in total. The number of thioether (sulfide) groups is 2. The molecule has 0 bridgehead atoms. The van der Waals surface area contributed by atoms with Crippen LogP contribution < -0.4 is 5.32 Å². The first-order valence-electron chi connectivity index (χ1n) is 7.35. The second-order valence-electron chi connectivity index (χ2n) is 5.42. The van der Waals surface area contributed by atoms with E-state index in [2.05, 4.69) is 89.8 Å². The van der Waals surface area contributed by atoms with E-state index in [1.165, 1.54) is 15.8 Å². The van der Waals surface area contributed by atoms with Crippen molar-refractivity contribution in [1.82, 2.24) is 5.32 Å². The van der Waals surface area contributed by atoms with Crippen LogP contribution in [0.2, 0.25) is 0 Å². The van der Waals surface area contributed by atoms with Gasteiger partial charge in [-0.2, -0.15) is 23.5 Å². The first-order chi connectivity index (χ1) is 9.60. The zero-order valence-electron chi connectivity index (χ0n) is 12.4. The Labute approximate surface area is 140 Å². The summed E-state index contributed by atoms with van der Waals surface area (Å²) in [5.41, 5.74) is 1.42. The van der Waals surface area contributed by atoms with Gasteiger partial charge in [0.2, 0.25) is 0 Å². The molecule has 4 heteroatoms. The molecule has 0 saturated carbocycles. The topological polar surface area (TPSA) is 12.0 Å². The summed E-state index contributed by atoms with van der Waals surface area (Å²) in [6, 6.07) is 9.29. The van der Waals surface area contributed by atoms with E-state index in [4.69, 9.17) is 0 Å². The van der Waals surface area contributed by atoms with Gasteiger partial charge >= 0.3 is 0 Å². The molecule has 112 valence electrons. The number of hydrogen-bond acceptors (Lipinski definition) is 3. The number of likely N-dealkylation sites (N-methyl/N-ethyl adjacent to an activating group) is 1. The monoisotopic (exact) mass is 373 g/mol. The predicted octanol–water partition coefficient (Wildman–Crippen LogP) is 4.60. The molecule has 1 aromatic rings. The van der Waals surface area contributed by atoms with Crippen molar-refractivity contribution in [3.05, 3.63) is 34.3 Å². The van der Waals surface area contributed by atoms with Crippen molar-refractivity contribution >= 4 is 39.5 Å². The molecule has 2 rings (SSSR count). The quantitative estimate of drug-likeness (QED) is 0.809. The third-order valence-electron chi connectivity index (χ3n) is 3.83. The Morgan fingerprint density at radius 1 is 1.35 bits per heavy atom. The van der Waals surface area contributed by atoms with Crippen molar-refractivity contribution in [3.8, 4) is 0 Å². The molecule has 4 unspecified atom stereocenters. The summed E-state index contributed by atoms with van der Waals surface area (Å²) in [6.45, 7) is 7.98. The maximum absolute atomic E-state index is 3.71. The summed E-state index contributed by atoms with van der Waals surface area (Å²) in [6.07, 6.45) is 1.12. The molecule has 0 aromatic heterocycles. The lowest BCUT2D eigenvalue weighted by Crippen LogP contribution is -2.44. The van der Waals surface area contributed by atoms with Gasteiger partial charge in [-0.15, -0.1) is 0 Å². The molecule has 1 nitrogen and oxygen atoms in total. The van der Waals surface area contributed by atoms with Gasteiger partial charge in [0.05, 0.1) is 0 Å². The van der Waals surface area contributed by atoms with Crippen LogP contribution in [0.25, 0.3) is 0 Å². The summed E-state index contributed by atoms with van der Waals surface area (Å²) in [5, 5.41) is 5.95. The Morgan fingerprint density at radius 2 is 2.15 bits per heavy atom. The van der Waals surface area contributed by atoms with Gasteiger partial charge in [-0.1, -0.05) is 48.8 Å². The highest BCUT2D eigenvalue weighted by Crippen LogP contribution is 2.37. The van der Waals surface area contributed by atoms with Crippen molar-refractivity contribution in [3.63, 3.8) is 0 Å². The molecule has 1 saturated heterocycles. The standard InChI is InChI=1S/C16H24BrNS2/c1-4-18-15(9-13-6-5-7-14(17)8-13)16-10-19-11(2)12(3)20-16/h5-8,11-12,15-16,18H,4,9-10H2,1-3H3. The predicted molar refractivity (Wildman–Crippen MR) is 98.1 cm³/mol. The molecule has 0 amide bonds. The van der Waals surface area contributed by atoms with Crippen molar-refractivity contribution in [2.24, 2.45) is 0 Å². The fourth-order valence-electron chi connectivity index (χ4n) is 2.53. The highest BCUT2D eigenvalue weighted by atomic mass is 79.9. The Hall–Kier alpha value is 0.360. The molecular formula is C16H24BrNS2. The molecule has 4 atom stereocenters. The number of hydrogen-bond donors (Lipinski definition) is 1. The van der Waals surface area contributed by atoms with E-state index in [1.54, 1.807) is 0 Å². The third kappa shape index (κ3) is 4.69. The molecule has 1 aromatic carbocycles. The van der Waals surface area contributed by atoms with E-state index in [0.717, 1.165) is 23.5 Å². The number of halogens is 1. The summed E-state index contributed by atoms with van der Waals surface area (Å²) in [5.74, 6) is 1.27. The van der Waals surface area contributed by atoms with Crippen LogP contribution in [0.1, 0.15) is 26.3 Å². The first-order valence-corrected chi connectivity index (χ1v) is 10.1. The summed E-state index contributed by atoms with van der Waals surface area (Å²) in [7, 11) is 0. The largest absolute Gasteiger partial charge is 0.313 e. The van der Waals surface area contributed by atoms with Crippen LogP contribution >= 0.6 is 39.5 Å². The smallest absolute Gasteiger partial charge is 0.0298 e. The van der Waals surface area contributed by atoms with Crippen LogP contribution in [0.5, 0.6) is 0 Å². The number of benzene rings is 1. The normalized spacial score (nSPS) is 28.3. The third-order valence-corrected chi connectivity index (χ3v) is 7.88. The van der Waals surface area contributed by atoms with Gasteiger partial charge in [0, 0.05) is 32.0 Å². The van der Waals surface area contributed by atoms with Gasteiger partial charge in [0.1, 0.15) is 0 Å². The van der Waals surface area contributed by atoms with E-state index in [0.29, 0.717) is 11.3 Å². The highest BCUT2D eigenvalue weighted by Gasteiger charge is 2.30. The summed E-state index contributed by atoms with van der Waals surface area (Å²) < 4.78 is 1.18. The van der Waals surface area contributed by atoms with Gasteiger partial charge < -0.3 is 5.32 Å². The van der Waals surface area contributed by atoms with E-state index < -0.39 is 0 Å². The molecule has 20 heavy (non-hydrogen) atoms. The molecule has 0 aliphatic carbocycles. The van der Waals surface area contributed by atoms with Crippen LogP contribution in [0.4, 0.5) is 0 Å². The van der Waals surface area contributed by atoms with Crippen LogP contribution in [-0.4, -0.2) is 34.1 Å². The minimum Gasteiger partial charge on any atom is -0.313 e. The van der Waals surface area contributed by atoms with Gasteiger partial charge in [0.25, 0.3) is 0 Å². The molecule has 1 fully saturated rings. The van der Waals surface area contributed by atoms with Crippen LogP contribution in [0.3, 0.4) is 0 Å². The maximum Gasteiger partial charge on any atom is 0.0298 e. The average molecular weight is 374 g/mol. The van der Waals surface area contributed by atoms with E-state index >= 15 is 0 Å². The zero-order valence-corrected chi connectivity index (χ0v) is 15.7. The highest BCUT2D eigenvalue weighted by molar-refractivity contribution is 9.10. The minimum atomic E-state index is 0.571. The lowest BCUT2D eigenvalue weighted by atomic mass is 10.0. The van der Waals surface area contributed by atoms with Gasteiger partial charge in [-0.05, 0) is 30.7 Å². The fourth-order valence-corrected chi connectivity index (χ4v) is 6.11. The number of rotatable bonds is 5. The van der Waals surface area contributed by atoms with Gasteiger partial charge in [-0.3, -0.25) is 0 Å². The van der Waals surface area contributed by atoms with E-state index in [1.807, 2.05) is 0 Å². The Bertz CT molecular complexity index is 427. The molecule has 1 aliphatic heterocycles. The average Bonchev–Trinajstić information content (AvgIpc) is 2.41. The zero-order chi connectivity index (χ0) is 14.5. The Kier molecular flexibility index (Phi) is 6.79. The van der Waals surface area contributed by atoms with E-state index in [9.17, 15) is 0 Å². The van der Waals surface area contributed by atoms with Gasteiger partial charge in [-0.25, -0.2) is 0 Å². The summed E-state index contributed by atoms with van der Waals surface area (Å²) in [4.78, 5) is 0. The first kappa shape index (κ1) is 16.7. The second kappa shape index (κ2) is 8.11. The van der Waals surface area contributed by atoms with Crippen LogP contribution in [-0.2, 0) is 6.42 Å². The van der Waals surface area contributed by atoms with Crippen LogP contribution in [0.15, 0.2) is 28.7 Å². The SMILES string of the molecule is CCNC(Cc1cccc(Br)c1)C1CSC(C)C(C)S1. The molecule has 0 radical (unpaired) electrons. The summed E-state index contributed by atoms with van der Waals surface area (Å²) >= 11 is 7.88. The number of nitrogens with one attached hydrogen (secondary N) is 1. The minimum absolute atomic E-state index is 0.571. The van der Waals surface area contributed by atoms with Crippen molar-refractivity contribution < 1.29 is 0 Å². The molecule has 1 aliphatic rings. The lowest BCUT2D eigenvalue weighted by molar-refractivity contribution is 0.520. The Balaban J connectivity index is 2.03. The van der Waals surface area contributed by atoms with Gasteiger partial charge in [0.15, 0.2) is 0 Å². The van der Waals surface area contributed by atoms with Crippen molar-refractivity contribution in [1.29, 1.82) is 0 Å². The molecular weight excluding hydrogens is 350 g/mol. The van der Waals surface area contributed by atoms with Crippen molar-refractivity contribution in [2.75, 3.05) is 12.3 Å². The lowest BCUT2D eigenvalue weighted by Gasteiger charge is -2.36. The maximum atomic E-state index is 3.71. The second-order valence-corrected chi connectivity index (χ2v) is 9.36. The Morgan fingerprint density at radius 3 is 2.80 bits per heavy atom. The van der Waals surface area contributed by atoms with Crippen LogP contribution in [0, 0.1) is 0 Å². The van der Waals surface area contributed by atoms with E-state index in [-0.39, 0.29) is 0 Å². The fraction of sp³-hybridized carbons (Fsp3) is 0.625. The molecule has 0 spiro atoms.